The predicted molar refractivity (Wildman–Crippen MR) is 116 cm³/mol. The lowest BCUT2D eigenvalue weighted by Crippen LogP contribution is -2.33. The van der Waals surface area contributed by atoms with Gasteiger partial charge in [0.15, 0.2) is 5.17 Å². The van der Waals surface area contributed by atoms with E-state index in [9.17, 15) is 22.8 Å². The van der Waals surface area contributed by atoms with Gasteiger partial charge in [-0.1, -0.05) is 47.7 Å². The van der Waals surface area contributed by atoms with Crippen molar-refractivity contribution in [3.8, 4) is 0 Å². The highest BCUT2D eigenvalue weighted by molar-refractivity contribution is 8.15. The standard InChI is InChI=1S/C22H20F3N3O2S/c1-3-12-28-20(30)18(31-21(28)26-15-10-8-14(2)9-11-15)13-19(29)27-17-7-5-4-6-16(17)22(23,24)25/h3-11,18H,1,12-13H2,2H3,(H,27,29)/t18-/m1/s1. The molecule has 1 fully saturated rings. The fourth-order valence-electron chi connectivity index (χ4n) is 2.96. The van der Waals surface area contributed by atoms with Crippen LogP contribution in [0.5, 0.6) is 0 Å². The number of alkyl halides is 3. The summed E-state index contributed by atoms with van der Waals surface area (Å²) < 4.78 is 39.4. The van der Waals surface area contributed by atoms with Gasteiger partial charge in [-0.15, -0.1) is 6.58 Å². The summed E-state index contributed by atoms with van der Waals surface area (Å²) in [6.07, 6.45) is -3.34. The lowest BCUT2D eigenvalue weighted by molar-refractivity contribution is -0.137. The average molecular weight is 447 g/mol. The molecule has 2 amide bonds. The van der Waals surface area contributed by atoms with E-state index in [4.69, 9.17) is 0 Å². The molecule has 0 bridgehead atoms. The quantitative estimate of drug-likeness (QED) is 0.623. The molecule has 1 heterocycles. The number of anilines is 1. The van der Waals surface area contributed by atoms with Crippen LogP contribution < -0.4 is 5.32 Å². The normalized spacial score (nSPS) is 17.8. The number of amides is 2. The number of benzene rings is 2. The molecule has 3 rings (SSSR count). The number of aliphatic imine (C=N–C) groups is 1. The van der Waals surface area contributed by atoms with Crippen LogP contribution in [0.4, 0.5) is 24.5 Å². The zero-order valence-electron chi connectivity index (χ0n) is 16.6. The molecule has 0 radical (unpaired) electrons. The molecule has 0 spiro atoms. The highest BCUT2D eigenvalue weighted by Crippen LogP contribution is 2.35. The molecule has 0 unspecified atom stereocenters. The summed E-state index contributed by atoms with van der Waals surface area (Å²) in [4.78, 5) is 31.1. The smallest absolute Gasteiger partial charge is 0.325 e. The Morgan fingerprint density at radius 3 is 2.55 bits per heavy atom. The van der Waals surface area contributed by atoms with E-state index in [1.54, 1.807) is 6.08 Å². The Morgan fingerprint density at radius 2 is 1.90 bits per heavy atom. The van der Waals surface area contributed by atoms with Crippen LogP contribution in [-0.4, -0.2) is 33.7 Å². The van der Waals surface area contributed by atoms with Crippen LogP contribution in [0.2, 0.25) is 0 Å². The average Bonchev–Trinajstić information content (AvgIpc) is 2.98. The third-order valence-electron chi connectivity index (χ3n) is 4.47. The highest BCUT2D eigenvalue weighted by Gasteiger charge is 2.39. The molecule has 5 nitrogen and oxygen atoms in total. The largest absolute Gasteiger partial charge is 0.418 e. The SMILES string of the molecule is C=CCN1C(=O)[C@@H](CC(=O)Nc2ccccc2C(F)(F)F)SC1=Nc1ccc(C)cc1. The molecule has 0 saturated carbocycles. The van der Waals surface area contributed by atoms with Crippen molar-refractivity contribution in [1.82, 2.24) is 4.90 Å². The van der Waals surface area contributed by atoms with Gasteiger partial charge in [0.1, 0.15) is 5.25 Å². The number of carbonyl (C=O) groups is 2. The third-order valence-corrected chi connectivity index (χ3v) is 5.64. The summed E-state index contributed by atoms with van der Waals surface area (Å²) in [5.74, 6) is -1.02. The van der Waals surface area contributed by atoms with Gasteiger partial charge in [-0.25, -0.2) is 4.99 Å². The van der Waals surface area contributed by atoms with Crippen molar-refractivity contribution >= 4 is 40.1 Å². The van der Waals surface area contributed by atoms with Crippen molar-refractivity contribution in [2.45, 2.75) is 24.8 Å². The molecular formula is C22H20F3N3O2S. The topological polar surface area (TPSA) is 61.8 Å². The Hall–Kier alpha value is -3.07. The molecule has 2 aromatic rings. The van der Waals surface area contributed by atoms with Crippen molar-refractivity contribution in [2.24, 2.45) is 4.99 Å². The number of nitrogens with one attached hydrogen (secondary N) is 1. The summed E-state index contributed by atoms with van der Waals surface area (Å²) in [5, 5.41) is 1.91. The first-order valence-corrected chi connectivity index (χ1v) is 10.3. The van der Waals surface area contributed by atoms with Gasteiger partial charge in [-0.3, -0.25) is 14.5 Å². The maximum absolute atomic E-state index is 13.1. The van der Waals surface area contributed by atoms with Gasteiger partial charge in [-0.05, 0) is 31.2 Å². The number of hydrogen-bond donors (Lipinski definition) is 1. The van der Waals surface area contributed by atoms with Crippen LogP contribution >= 0.6 is 11.8 Å². The van der Waals surface area contributed by atoms with Crippen LogP contribution in [0.25, 0.3) is 0 Å². The molecule has 31 heavy (non-hydrogen) atoms. The minimum Gasteiger partial charge on any atom is -0.325 e. The summed E-state index contributed by atoms with van der Waals surface area (Å²) in [5.41, 5.74) is 0.436. The number of hydrogen-bond acceptors (Lipinski definition) is 4. The van der Waals surface area contributed by atoms with E-state index in [1.807, 2.05) is 31.2 Å². The predicted octanol–water partition coefficient (Wildman–Crippen LogP) is 5.16. The number of halogens is 3. The molecule has 0 aliphatic carbocycles. The van der Waals surface area contributed by atoms with E-state index < -0.39 is 22.9 Å². The van der Waals surface area contributed by atoms with Gasteiger partial charge >= 0.3 is 6.18 Å². The summed E-state index contributed by atoms with van der Waals surface area (Å²) in [6, 6.07) is 12.1. The number of amidine groups is 1. The monoisotopic (exact) mass is 447 g/mol. The van der Waals surface area contributed by atoms with Crippen molar-refractivity contribution in [3.63, 3.8) is 0 Å². The van der Waals surface area contributed by atoms with E-state index in [0.29, 0.717) is 10.9 Å². The zero-order chi connectivity index (χ0) is 22.6. The van der Waals surface area contributed by atoms with Crippen LogP contribution in [0, 0.1) is 6.92 Å². The number of thioether (sulfide) groups is 1. The van der Waals surface area contributed by atoms with Crippen molar-refractivity contribution < 1.29 is 22.8 Å². The minimum atomic E-state index is -4.60. The fourth-order valence-corrected chi connectivity index (χ4v) is 4.13. The lowest BCUT2D eigenvalue weighted by atomic mass is 10.1. The van der Waals surface area contributed by atoms with Gasteiger partial charge in [0, 0.05) is 13.0 Å². The highest BCUT2D eigenvalue weighted by atomic mass is 32.2. The van der Waals surface area contributed by atoms with Gasteiger partial charge in [0.25, 0.3) is 0 Å². The Bertz CT molecular complexity index is 1020. The Balaban J connectivity index is 1.76. The van der Waals surface area contributed by atoms with Gasteiger partial charge in [0.05, 0.1) is 16.9 Å². The van der Waals surface area contributed by atoms with Crippen LogP contribution in [0.3, 0.4) is 0 Å². The van der Waals surface area contributed by atoms with Gasteiger partial charge in [-0.2, -0.15) is 13.2 Å². The first-order valence-electron chi connectivity index (χ1n) is 9.39. The molecule has 1 atom stereocenters. The van der Waals surface area contributed by atoms with E-state index in [2.05, 4.69) is 16.9 Å². The van der Waals surface area contributed by atoms with E-state index in [-0.39, 0.29) is 24.6 Å². The number of carbonyl (C=O) groups excluding carboxylic acids is 2. The first kappa shape index (κ1) is 22.6. The number of para-hydroxylation sites is 1. The second-order valence-electron chi connectivity index (χ2n) is 6.87. The first-order chi connectivity index (χ1) is 14.7. The second kappa shape index (κ2) is 9.38. The number of rotatable bonds is 6. The number of aryl methyl sites for hydroxylation is 1. The van der Waals surface area contributed by atoms with Crippen LogP contribution in [-0.2, 0) is 15.8 Å². The van der Waals surface area contributed by atoms with E-state index in [0.717, 1.165) is 23.4 Å². The molecule has 2 aromatic carbocycles. The molecule has 162 valence electrons. The van der Waals surface area contributed by atoms with Crippen LogP contribution in [0.15, 0.2) is 66.2 Å². The Labute approximate surface area is 182 Å². The molecule has 1 N–H and O–H groups in total. The zero-order valence-corrected chi connectivity index (χ0v) is 17.5. The second-order valence-corrected chi connectivity index (χ2v) is 8.04. The Morgan fingerprint density at radius 1 is 1.23 bits per heavy atom. The van der Waals surface area contributed by atoms with Gasteiger partial charge < -0.3 is 5.32 Å². The van der Waals surface area contributed by atoms with Crippen molar-refractivity contribution in [2.75, 3.05) is 11.9 Å². The number of nitrogens with zero attached hydrogens (tertiary/aromatic N) is 2. The Kier molecular flexibility index (Phi) is 6.84. The minimum absolute atomic E-state index is 0.214. The molecule has 1 aliphatic heterocycles. The summed E-state index contributed by atoms with van der Waals surface area (Å²) in [6.45, 7) is 5.80. The molecular weight excluding hydrogens is 427 g/mol. The maximum atomic E-state index is 13.1. The summed E-state index contributed by atoms with van der Waals surface area (Å²) >= 11 is 1.11. The van der Waals surface area contributed by atoms with E-state index >= 15 is 0 Å². The molecule has 1 saturated heterocycles. The fraction of sp³-hybridized carbons (Fsp3) is 0.227. The lowest BCUT2D eigenvalue weighted by Gasteiger charge is -2.15. The molecule has 9 heteroatoms. The summed E-state index contributed by atoms with van der Waals surface area (Å²) in [7, 11) is 0. The van der Waals surface area contributed by atoms with E-state index in [1.165, 1.54) is 23.1 Å². The molecule has 0 aromatic heterocycles. The van der Waals surface area contributed by atoms with Crippen molar-refractivity contribution in [3.05, 3.63) is 72.3 Å². The van der Waals surface area contributed by atoms with Crippen molar-refractivity contribution in [1.29, 1.82) is 0 Å². The third kappa shape index (κ3) is 5.55. The van der Waals surface area contributed by atoms with Gasteiger partial charge in [0.2, 0.25) is 11.8 Å². The maximum Gasteiger partial charge on any atom is 0.418 e. The van der Waals surface area contributed by atoms with Crippen LogP contribution in [0.1, 0.15) is 17.5 Å². The molecule has 1 aliphatic rings.